The fourth-order valence-electron chi connectivity index (χ4n) is 1.28. The molecule has 92 valence electrons. The van der Waals surface area contributed by atoms with Crippen molar-refractivity contribution in [2.24, 2.45) is 0 Å². The Balaban J connectivity index is 2.51. The van der Waals surface area contributed by atoms with Crippen LogP contribution in [0.15, 0.2) is 0 Å². The van der Waals surface area contributed by atoms with Gasteiger partial charge in [0.05, 0.1) is 0 Å². The third kappa shape index (κ3) is 3.38. The second-order valence-corrected chi connectivity index (χ2v) is 5.61. The van der Waals surface area contributed by atoms with E-state index in [2.05, 4.69) is 10.1 Å². The molecule has 1 unspecified atom stereocenters. The van der Waals surface area contributed by atoms with Crippen LogP contribution in [0, 0.1) is 0 Å². The topological polar surface area (TPSA) is 113 Å². The van der Waals surface area contributed by atoms with Crippen LogP contribution in [-0.4, -0.2) is 40.0 Å². The van der Waals surface area contributed by atoms with Gasteiger partial charge in [-0.05, 0) is 26.3 Å². The van der Waals surface area contributed by atoms with Crippen LogP contribution in [0.4, 0.5) is 0 Å². The molecule has 16 heavy (non-hydrogen) atoms. The third-order valence-electron chi connectivity index (χ3n) is 2.39. The summed E-state index contributed by atoms with van der Waals surface area (Å²) in [6.07, 6.45) is 1.37. The predicted molar refractivity (Wildman–Crippen MR) is 53.6 cm³/mol. The van der Waals surface area contributed by atoms with Gasteiger partial charge in [0.2, 0.25) is 0 Å². The Morgan fingerprint density at radius 2 is 2.12 bits per heavy atom. The van der Waals surface area contributed by atoms with Gasteiger partial charge in [-0.3, -0.25) is 9.36 Å². The zero-order chi connectivity index (χ0) is 12.3. The van der Waals surface area contributed by atoms with Gasteiger partial charge in [-0.2, -0.15) is 0 Å². The Morgan fingerprint density at radius 1 is 1.50 bits per heavy atom. The van der Waals surface area contributed by atoms with Crippen LogP contribution < -0.4 is 5.32 Å². The summed E-state index contributed by atoms with van der Waals surface area (Å²) in [5, 5.41) is 2.82. The van der Waals surface area contributed by atoms with Crippen LogP contribution in [0.3, 0.4) is 0 Å². The zero-order valence-corrected chi connectivity index (χ0v) is 9.65. The molecule has 8 heteroatoms. The largest absolute Gasteiger partial charge is 0.391 e. The molecule has 1 fully saturated rings. The summed E-state index contributed by atoms with van der Waals surface area (Å²) < 4.78 is 15.1. The van der Waals surface area contributed by atoms with Gasteiger partial charge >= 0.3 is 19.5 Å². The quantitative estimate of drug-likeness (QED) is 0.348. The number of rotatable bonds is 3. The molecule has 0 aromatic heterocycles. The van der Waals surface area contributed by atoms with Gasteiger partial charge in [0, 0.05) is 0 Å². The Hall–Kier alpha value is -0.750. The number of carbonyl (C=O) groups is 2. The summed E-state index contributed by atoms with van der Waals surface area (Å²) in [4.78, 5) is 40.0. The number of nitrogens with one attached hydrogen (secondary N) is 1. The molecule has 1 aliphatic rings. The van der Waals surface area contributed by atoms with Crippen LogP contribution >= 0.6 is 7.60 Å². The van der Waals surface area contributed by atoms with Gasteiger partial charge in [-0.25, -0.2) is 4.79 Å². The van der Waals surface area contributed by atoms with Crippen molar-refractivity contribution in [1.82, 2.24) is 5.32 Å². The van der Waals surface area contributed by atoms with E-state index in [0.717, 1.165) is 13.3 Å². The van der Waals surface area contributed by atoms with E-state index in [1.165, 1.54) is 0 Å². The molecule has 1 rings (SSSR count). The van der Waals surface area contributed by atoms with Gasteiger partial charge < -0.3 is 19.8 Å². The maximum Gasteiger partial charge on any atom is 0.339 e. The van der Waals surface area contributed by atoms with Crippen molar-refractivity contribution in [2.75, 3.05) is 6.54 Å². The molecule has 0 saturated carbocycles. The normalized spacial score (nSPS) is 22.8. The summed E-state index contributed by atoms with van der Waals surface area (Å²) in [5.41, 5.74) is -1.61. The first-order chi connectivity index (χ1) is 7.32. The maximum atomic E-state index is 11.3. The Labute approximate surface area is 92.3 Å². The summed E-state index contributed by atoms with van der Waals surface area (Å²) >= 11 is 0. The third-order valence-corrected chi connectivity index (χ3v) is 3.61. The molecule has 0 amide bonds. The molecule has 1 aliphatic heterocycles. The second-order valence-electron chi connectivity index (χ2n) is 3.65. The number of esters is 2. The first kappa shape index (κ1) is 13.3. The molecule has 3 N–H and O–H groups in total. The molecule has 7 nitrogen and oxygen atoms in total. The average molecular weight is 251 g/mol. The van der Waals surface area contributed by atoms with Crippen molar-refractivity contribution in [3.8, 4) is 0 Å². The summed E-state index contributed by atoms with van der Waals surface area (Å²) in [5.74, 6) is -1.96. The lowest BCUT2D eigenvalue weighted by atomic mass is 10.2. The minimum atomic E-state index is -4.55. The van der Waals surface area contributed by atoms with Gasteiger partial charge in [0.25, 0.3) is 0 Å². The molecule has 0 bridgehead atoms. The standard InChI is InChI=1S/C8H14NO6P/c1-5(16(12,13)14)7(10)15-8(11)6-3-2-4-9-6/h5-6,9H,2-4H2,1H3,(H2,12,13,14)/t5?,6-/m0/s1. The predicted octanol–water partition coefficient (Wildman–Crippen LogP) is -0.626. The van der Waals surface area contributed by atoms with Crippen molar-refractivity contribution in [2.45, 2.75) is 31.5 Å². The van der Waals surface area contributed by atoms with Gasteiger partial charge in [0.1, 0.15) is 6.04 Å². The Bertz CT molecular complexity index is 331. The molecule has 1 heterocycles. The minimum absolute atomic E-state index is 0.548. The van der Waals surface area contributed by atoms with Crippen LogP contribution in [0.2, 0.25) is 0 Å². The molecule has 0 spiro atoms. The SMILES string of the molecule is CC(C(=O)OC(=O)[C@@H]1CCCN1)P(=O)(O)O. The van der Waals surface area contributed by atoms with Crippen LogP contribution in [0.5, 0.6) is 0 Å². The van der Waals surface area contributed by atoms with E-state index in [1.54, 1.807) is 0 Å². The number of ether oxygens (including phenoxy) is 1. The summed E-state index contributed by atoms with van der Waals surface area (Å²) in [6, 6.07) is -0.548. The highest BCUT2D eigenvalue weighted by molar-refractivity contribution is 7.53. The molecule has 0 radical (unpaired) electrons. The van der Waals surface area contributed by atoms with Crippen molar-refractivity contribution >= 4 is 19.5 Å². The molecular weight excluding hydrogens is 237 g/mol. The lowest BCUT2D eigenvalue weighted by Crippen LogP contribution is -2.35. The fraction of sp³-hybridized carbons (Fsp3) is 0.750. The Morgan fingerprint density at radius 3 is 2.56 bits per heavy atom. The van der Waals surface area contributed by atoms with Gasteiger partial charge in [-0.15, -0.1) is 0 Å². The van der Waals surface area contributed by atoms with E-state index in [0.29, 0.717) is 13.0 Å². The van der Waals surface area contributed by atoms with Crippen LogP contribution in [-0.2, 0) is 18.9 Å². The summed E-state index contributed by atoms with van der Waals surface area (Å²) in [6.45, 7) is 1.69. The van der Waals surface area contributed by atoms with E-state index in [1.807, 2.05) is 0 Å². The van der Waals surface area contributed by atoms with Crippen molar-refractivity contribution in [1.29, 1.82) is 0 Å². The average Bonchev–Trinajstić information content (AvgIpc) is 2.67. The first-order valence-corrected chi connectivity index (χ1v) is 6.54. The van der Waals surface area contributed by atoms with E-state index in [9.17, 15) is 14.2 Å². The molecule has 0 aromatic rings. The number of hydrogen-bond acceptors (Lipinski definition) is 5. The number of hydrogen-bond donors (Lipinski definition) is 3. The molecule has 0 aromatic carbocycles. The number of carbonyl (C=O) groups excluding carboxylic acids is 2. The molecule has 2 atom stereocenters. The lowest BCUT2D eigenvalue weighted by molar-refractivity contribution is -0.160. The van der Waals surface area contributed by atoms with Gasteiger partial charge in [0.15, 0.2) is 5.66 Å². The van der Waals surface area contributed by atoms with E-state index in [-0.39, 0.29) is 0 Å². The molecular formula is C8H14NO6P. The van der Waals surface area contributed by atoms with Crippen molar-refractivity contribution < 1.29 is 28.7 Å². The highest BCUT2D eigenvalue weighted by Crippen LogP contribution is 2.41. The fourth-order valence-corrected chi connectivity index (χ4v) is 1.61. The second kappa shape index (κ2) is 5.05. The molecule has 1 saturated heterocycles. The van der Waals surface area contributed by atoms with Gasteiger partial charge in [-0.1, -0.05) is 0 Å². The smallest absolute Gasteiger partial charge is 0.339 e. The first-order valence-electron chi connectivity index (χ1n) is 4.86. The zero-order valence-electron chi connectivity index (χ0n) is 8.75. The summed E-state index contributed by atoms with van der Waals surface area (Å²) in [7, 11) is -4.55. The van der Waals surface area contributed by atoms with E-state index in [4.69, 9.17) is 9.79 Å². The minimum Gasteiger partial charge on any atom is -0.391 e. The lowest BCUT2D eigenvalue weighted by Gasteiger charge is -2.13. The maximum absolute atomic E-state index is 11.3. The molecule has 0 aliphatic carbocycles. The van der Waals surface area contributed by atoms with E-state index < -0.39 is 31.2 Å². The monoisotopic (exact) mass is 251 g/mol. The van der Waals surface area contributed by atoms with E-state index >= 15 is 0 Å². The highest BCUT2D eigenvalue weighted by atomic mass is 31.2. The highest BCUT2D eigenvalue weighted by Gasteiger charge is 2.35. The van der Waals surface area contributed by atoms with Crippen molar-refractivity contribution in [3.63, 3.8) is 0 Å². The Kier molecular flexibility index (Phi) is 4.21. The van der Waals surface area contributed by atoms with Crippen LogP contribution in [0.25, 0.3) is 0 Å². The van der Waals surface area contributed by atoms with Crippen molar-refractivity contribution in [3.05, 3.63) is 0 Å². The van der Waals surface area contributed by atoms with Crippen LogP contribution in [0.1, 0.15) is 19.8 Å².